The summed E-state index contributed by atoms with van der Waals surface area (Å²) in [6.07, 6.45) is 4.16. The van der Waals surface area contributed by atoms with E-state index in [-0.39, 0.29) is 11.9 Å². The predicted molar refractivity (Wildman–Crippen MR) is 133 cm³/mol. The molecule has 2 aliphatic carbocycles. The van der Waals surface area contributed by atoms with Gasteiger partial charge in [0.05, 0.1) is 24.9 Å². The van der Waals surface area contributed by atoms with Crippen molar-refractivity contribution in [3.63, 3.8) is 0 Å². The third-order valence-corrected chi connectivity index (χ3v) is 6.76. The lowest BCUT2D eigenvalue weighted by Gasteiger charge is -2.34. The Morgan fingerprint density at radius 2 is 1.89 bits per heavy atom. The minimum Gasteiger partial charge on any atom is -0.491 e. The molecule has 1 aromatic heterocycles. The van der Waals surface area contributed by atoms with Crippen LogP contribution in [0.2, 0.25) is 0 Å². The molecule has 0 saturated carbocycles. The molecule has 0 fully saturated rings. The summed E-state index contributed by atoms with van der Waals surface area (Å²) >= 11 is 0. The molecule has 0 aliphatic heterocycles. The molecule has 0 radical (unpaired) electrons. The van der Waals surface area contributed by atoms with Crippen molar-refractivity contribution in [2.75, 3.05) is 34.0 Å². The normalized spacial score (nSPS) is 19.8. The molecule has 35 heavy (non-hydrogen) atoms. The zero-order valence-electron chi connectivity index (χ0n) is 21.4. The second kappa shape index (κ2) is 9.62. The van der Waals surface area contributed by atoms with Crippen LogP contribution < -0.4 is 15.3 Å². The van der Waals surface area contributed by atoms with E-state index in [0.29, 0.717) is 49.7 Å². The average molecular weight is 479 g/mol. The number of aromatic nitrogens is 1. The summed E-state index contributed by atoms with van der Waals surface area (Å²) in [6.45, 7) is 10.1. The van der Waals surface area contributed by atoms with Gasteiger partial charge >= 0.3 is 0 Å². The lowest BCUT2D eigenvalue weighted by atomic mass is 9.71. The molecule has 7 nitrogen and oxygen atoms in total. The second-order valence-electron chi connectivity index (χ2n) is 9.89. The van der Waals surface area contributed by atoms with Gasteiger partial charge in [0.1, 0.15) is 18.4 Å². The van der Waals surface area contributed by atoms with Gasteiger partial charge in [-0.25, -0.2) is 0 Å². The SMILES string of the molecule is COCCOc1ccc2c(c1)C(C)(C)c1c(c3c(n1CCOC)=CC(C#N)(OC(C)C)CC=3)C2=O. The Hall–Kier alpha value is -2.92. The molecule has 1 heterocycles. The van der Waals surface area contributed by atoms with Crippen LogP contribution in [0.3, 0.4) is 0 Å². The molecule has 1 unspecified atom stereocenters. The third kappa shape index (κ3) is 4.31. The first-order valence-electron chi connectivity index (χ1n) is 12.0. The summed E-state index contributed by atoms with van der Waals surface area (Å²) in [5.74, 6) is 0.695. The van der Waals surface area contributed by atoms with E-state index in [9.17, 15) is 10.1 Å². The molecule has 4 rings (SSSR count). The van der Waals surface area contributed by atoms with Gasteiger partial charge in [0.2, 0.25) is 0 Å². The van der Waals surface area contributed by atoms with Crippen molar-refractivity contribution >= 4 is 17.9 Å². The predicted octanol–water partition coefficient (Wildman–Crippen LogP) is 2.68. The number of hydrogen-bond acceptors (Lipinski definition) is 6. The van der Waals surface area contributed by atoms with Crippen molar-refractivity contribution < 1.29 is 23.7 Å². The standard InChI is InChI=1S/C28H34N2O5/c1-18(2)35-28(17-29)10-9-21-23(16-28)30(11-12-32-5)26-24(21)25(31)20-8-7-19(34-14-13-33-6)15-22(20)27(26,3)4/h7-9,15-16,18H,10-14H2,1-6H3. The highest BCUT2D eigenvalue weighted by Gasteiger charge is 2.43. The molecular weight excluding hydrogens is 444 g/mol. The molecule has 1 aromatic carbocycles. The van der Waals surface area contributed by atoms with E-state index in [1.54, 1.807) is 14.2 Å². The van der Waals surface area contributed by atoms with E-state index < -0.39 is 11.0 Å². The van der Waals surface area contributed by atoms with E-state index in [2.05, 4.69) is 24.5 Å². The monoisotopic (exact) mass is 478 g/mol. The molecule has 186 valence electrons. The third-order valence-electron chi connectivity index (χ3n) is 6.76. The minimum absolute atomic E-state index is 0.0101. The first-order chi connectivity index (χ1) is 16.7. The minimum atomic E-state index is -1.07. The van der Waals surface area contributed by atoms with Gasteiger partial charge in [-0.05, 0) is 43.7 Å². The van der Waals surface area contributed by atoms with Gasteiger partial charge in [-0.2, -0.15) is 5.26 Å². The Morgan fingerprint density at radius 3 is 2.54 bits per heavy atom. The van der Waals surface area contributed by atoms with E-state index in [4.69, 9.17) is 18.9 Å². The lowest BCUT2D eigenvalue weighted by Crippen LogP contribution is -2.43. The van der Waals surface area contributed by atoms with Crippen LogP contribution in [0.25, 0.3) is 12.2 Å². The fourth-order valence-corrected chi connectivity index (χ4v) is 5.29. The number of fused-ring (bicyclic) bond motifs is 4. The number of methoxy groups -OCH3 is 2. The maximum atomic E-state index is 13.9. The Labute approximate surface area is 206 Å². The molecule has 0 saturated heterocycles. The highest BCUT2D eigenvalue weighted by Crippen LogP contribution is 2.42. The van der Waals surface area contributed by atoms with Crippen LogP contribution in [0.1, 0.15) is 61.3 Å². The number of rotatable bonds is 9. The maximum Gasteiger partial charge on any atom is 0.195 e. The van der Waals surface area contributed by atoms with E-state index in [1.165, 1.54) is 0 Å². The van der Waals surface area contributed by atoms with Crippen LogP contribution in [0, 0.1) is 11.3 Å². The molecular formula is C28H34N2O5. The Bertz CT molecular complexity index is 1300. The molecule has 2 aromatic rings. The summed E-state index contributed by atoms with van der Waals surface area (Å²) in [5, 5.41) is 11.8. The van der Waals surface area contributed by atoms with Crippen LogP contribution in [-0.4, -0.2) is 56.1 Å². The number of ketones is 1. The van der Waals surface area contributed by atoms with Crippen molar-refractivity contribution in [2.45, 2.75) is 57.8 Å². The fraction of sp³-hybridized carbons (Fsp3) is 0.500. The topological polar surface area (TPSA) is 82.7 Å². The summed E-state index contributed by atoms with van der Waals surface area (Å²) in [6, 6.07) is 8.04. The van der Waals surface area contributed by atoms with Crippen molar-refractivity contribution in [2.24, 2.45) is 0 Å². The quantitative estimate of drug-likeness (QED) is 0.516. The highest BCUT2D eigenvalue weighted by molar-refractivity contribution is 6.13. The molecule has 7 heteroatoms. The first-order valence-corrected chi connectivity index (χ1v) is 12.0. The molecule has 2 aliphatic rings. The Morgan fingerprint density at radius 1 is 1.14 bits per heavy atom. The van der Waals surface area contributed by atoms with Crippen molar-refractivity contribution in [1.82, 2.24) is 4.57 Å². The van der Waals surface area contributed by atoms with Gasteiger partial charge in [0.15, 0.2) is 11.4 Å². The van der Waals surface area contributed by atoms with E-state index in [0.717, 1.165) is 21.8 Å². The summed E-state index contributed by atoms with van der Waals surface area (Å²) < 4.78 is 24.6. The van der Waals surface area contributed by atoms with Crippen LogP contribution in [0.15, 0.2) is 18.2 Å². The van der Waals surface area contributed by atoms with Crippen molar-refractivity contribution in [1.29, 1.82) is 5.26 Å². The highest BCUT2D eigenvalue weighted by atomic mass is 16.5. The number of benzene rings is 1. The smallest absolute Gasteiger partial charge is 0.195 e. The Balaban J connectivity index is 1.95. The van der Waals surface area contributed by atoms with Gasteiger partial charge in [0, 0.05) is 54.4 Å². The van der Waals surface area contributed by atoms with Gasteiger partial charge in [-0.1, -0.05) is 19.9 Å². The van der Waals surface area contributed by atoms with E-state index >= 15 is 0 Å². The summed E-state index contributed by atoms with van der Waals surface area (Å²) in [4.78, 5) is 13.9. The first kappa shape index (κ1) is 25.2. The van der Waals surface area contributed by atoms with Gasteiger partial charge < -0.3 is 23.5 Å². The van der Waals surface area contributed by atoms with Gasteiger partial charge in [0.25, 0.3) is 0 Å². The number of ether oxygens (including phenoxy) is 4. The molecule has 0 amide bonds. The molecule has 0 spiro atoms. The van der Waals surface area contributed by atoms with Crippen molar-refractivity contribution in [3.8, 4) is 11.8 Å². The van der Waals surface area contributed by atoms with Crippen LogP contribution in [0.4, 0.5) is 0 Å². The zero-order valence-corrected chi connectivity index (χ0v) is 21.4. The fourth-order valence-electron chi connectivity index (χ4n) is 5.29. The maximum absolute atomic E-state index is 13.9. The van der Waals surface area contributed by atoms with Gasteiger partial charge in [-0.3, -0.25) is 4.79 Å². The lowest BCUT2D eigenvalue weighted by molar-refractivity contribution is 0.00268. The number of nitriles is 1. The number of carbonyl (C=O) groups is 1. The zero-order chi connectivity index (χ0) is 25.4. The Kier molecular flexibility index (Phi) is 6.92. The summed E-state index contributed by atoms with van der Waals surface area (Å²) in [7, 11) is 3.30. The number of hydrogen-bond donors (Lipinski definition) is 0. The average Bonchev–Trinajstić information content (AvgIpc) is 3.15. The largest absolute Gasteiger partial charge is 0.491 e. The van der Waals surface area contributed by atoms with Gasteiger partial charge in [-0.15, -0.1) is 0 Å². The molecule has 1 atom stereocenters. The molecule has 0 bridgehead atoms. The van der Waals surface area contributed by atoms with Crippen LogP contribution in [0.5, 0.6) is 5.75 Å². The van der Waals surface area contributed by atoms with Crippen LogP contribution >= 0.6 is 0 Å². The second-order valence-corrected chi connectivity index (χ2v) is 9.89. The van der Waals surface area contributed by atoms with Crippen molar-refractivity contribution in [3.05, 3.63) is 51.2 Å². The number of carbonyl (C=O) groups excluding carboxylic acids is 1. The van der Waals surface area contributed by atoms with E-state index in [1.807, 2.05) is 44.2 Å². The summed E-state index contributed by atoms with van der Waals surface area (Å²) in [5.41, 5.74) is 1.67. The van der Waals surface area contributed by atoms with Crippen LogP contribution in [-0.2, 0) is 26.2 Å². The molecule has 0 N–H and O–H groups in total. The number of nitrogens with zero attached hydrogens (tertiary/aromatic N) is 2.